The molecule has 1 unspecified atom stereocenters. The monoisotopic (exact) mass is 411 g/mol. The van der Waals surface area contributed by atoms with Crippen LogP contribution in [0.15, 0.2) is 42.5 Å². The molecule has 1 atom stereocenters. The first-order valence-corrected chi connectivity index (χ1v) is 8.81. The van der Waals surface area contributed by atoms with Gasteiger partial charge in [-0.05, 0) is 55.3 Å². The van der Waals surface area contributed by atoms with Crippen molar-refractivity contribution in [3.63, 3.8) is 0 Å². The fourth-order valence-electron chi connectivity index (χ4n) is 2.04. The van der Waals surface area contributed by atoms with E-state index >= 15 is 0 Å². The smallest absolute Gasteiger partial charge is 0.331 e. The van der Waals surface area contributed by atoms with Crippen LogP contribution in [0.2, 0.25) is 15.1 Å². The van der Waals surface area contributed by atoms with Crippen LogP contribution in [-0.4, -0.2) is 18.0 Å². The molecule has 0 aliphatic carbocycles. The fourth-order valence-corrected chi connectivity index (χ4v) is 2.68. The van der Waals surface area contributed by atoms with E-state index in [-0.39, 0.29) is 0 Å². The summed E-state index contributed by atoms with van der Waals surface area (Å²) < 4.78 is 5.10. The van der Waals surface area contributed by atoms with Crippen LogP contribution in [0, 0.1) is 6.92 Å². The molecular formula is C19H16Cl3NO3. The summed E-state index contributed by atoms with van der Waals surface area (Å²) in [6.45, 7) is 3.27. The molecule has 0 aliphatic heterocycles. The lowest BCUT2D eigenvalue weighted by molar-refractivity contribution is -0.148. The summed E-state index contributed by atoms with van der Waals surface area (Å²) in [7, 11) is 0. The van der Waals surface area contributed by atoms with Crippen LogP contribution in [0.25, 0.3) is 6.08 Å². The van der Waals surface area contributed by atoms with Crippen molar-refractivity contribution in [3.8, 4) is 0 Å². The second kappa shape index (κ2) is 9.08. The van der Waals surface area contributed by atoms with Crippen LogP contribution in [-0.2, 0) is 14.3 Å². The van der Waals surface area contributed by atoms with Gasteiger partial charge in [0.2, 0.25) is 0 Å². The SMILES string of the molecule is Cc1c(Cl)cccc1NC(=O)C(C)OC(=O)/C=C/c1ccc(Cl)cc1Cl. The second-order valence-corrected chi connectivity index (χ2v) is 6.73. The van der Waals surface area contributed by atoms with Crippen molar-refractivity contribution >= 4 is 58.4 Å². The van der Waals surface area contributed by atoms with Crippen molar-refractivity contribution in [1.82, 2.24) is 0 Å². The number of hydrogen-bond acceptors (Lipinski definition) is 3. The number of benzene rings is 2. The van der Waals surface area contributed by atoms with Gasteiger partial charge in [-0.25, -0.2) is 4.79 Å². The summed E-state index contributed by atoms with van der Waals surface area (Å²) in [5.74, 6) is -1.12. The van der Waals surface area contributed by atoms with Gasteiger partial charge in [0.15, 0.2) is 6.10 Å². The van der Waals surface area contributed by atoms with Gasteiger partial charge in [-0.1, -0.05) is 46.9 Å². The average Bonchev–Trinajstić information content (AvgIpc) is 2.58. The van der Waals surface area contributed by atoms with Crippen molar-refractivity contribution in [2.24, 2.45) is 0 Å². The van der Waals surface area contributed by atoms with Gasteiger partial charge in [-0.15, -0.1) is 0 Å². The molecule has 2 aromatic carbocycles. The average molecular weight is 413 g/mol. The predicted octanol–water partition coefficient (Wildman–Crippen LogP) is 5.54. The molecule has 1 N–H and O–H groups in total. The molecule has 26 heavy (non-hydrogen) atoms. The van der Waals surface area contributed by atoms with Gasteiger partial charge >= 0.3 is 5.97 Å². The molecule has 136 valence electrons. The molecule has 0 spiro atoms. The molecule has 2 rings (SSSR count). The number of halogens is 3. The van der Waals surface area contributed by atoms with Crippen LogP contribution in [0.5, 0.6) is 0 Å². The number of ether oxygens (including phenoxy) is 1. The Labute approximate surface area is 166 Å². The Morgan fingerprint density at radius 2 is 1.85 bits per heavy atom. The third kappa shape index (κ3) is 5.49. The molecule has 0 aromatic heterocycles. The Bertz CT molecular complexity index is 865. The van der Waals surface area contributed by atoms with E-state index in [1.54, 1.807) is 43.3 Å². The Morgan fingerprint density at radius 3 is 2.54 bits per heavy atom. The van der Waals surface area contributed by atoms with Crippen LogP contribution in [0.4, 0.5) is 5.69 Å². The van der Waals surface area contributed by atoms with Crippen LogP contribution in [0.1, 0.15) is 18.1 Å². The molecule has 4 nitrogen and oxygen atoms in total. The maximum atomic E-state index is 12.2. The van der Waals surface area contributed by atoms with E-state index in [0.29, 0.717) is 26.3 Å². The maximum absolute atomic E-state index is 12.2. The van der Waals surface area contributed by atoms with E-state index in [1.165, 1.54) is 19.1 Å². The van der Waals surface area contributed by atoms with E-state index in [0.717, 1.165) is 5.56 Å². The largest absolute Gasteiger partial charge is 0.449 e. The topological polar surface area (TPSA) is 55.4 Å². The molecule has 7 heteroatoms. The number of amides is 1. The van der Waals surface area contributed by atoms with Gasteiger partial charge in [0.1, 0.15) is 0 Å². The van der Waals surface area contributed by atoms with E-state index in [1.807, 2.05) is 0 Å². The Balaban J connectivity index is 1.96. The molecule has 0 aliphatic rings. The number of hydrogen-bond donors (Lipinski definition) is 1. The highest BCUT2D eigenvalue weighted by molar-refractivity contribution is 6.35. The van der Waals surface area contributed by atoms with Gasteiger partial charge in [-0.3, -0.25) is 4.79 Å². The predicted molar refractivity (Wildman–Crippen MR) is 106 cm³/mol. The van der Waals surface area contributed by atoms with Crippen molar-refractivity contribution in [2.75, 3.05) is 5.32 Å². The summed E-state index contributed by atoms with van der Waals surface area (Å²) in [4.78, 5) is 24.1. The zero-order chi connectivity index (χ0) is 19.3. The number of esters is 1. The highest BCUT2D eigenvalue weighted by Crippen LogP contribution is 2.23. The maximum Gasteiger partial charge on any atom is 0.331 e. The Morgan fingerprint density at radius 1 is 1.12 bits per heavy atom. The van der Waals surface area contributed by atoms with E-state index < -0.39 is 18.0 Å². The summed E-state index contributed by atoms with van der Waals surface area (Å²) in [6, 6.07) is 10.1. The number of rotatable bonds is 5. The lowest BCUT2D eigenvalue weighted by Gasteiger charge is -2.14. The number of carbonyl (C=O) groups excluding carboxylic acids is 2. The molecule has 0 bridgehead atoms. The quantitative estimate of drug-likeness (QED) is 0.518. The summed E-state index contributed by atoms with van der Waals surface area (Å²) in [5.41, 5.74) is 1.91. The molecule has 2 aromatic rings. The molecule has 1 amide bonds. The molecular weight excluding hydrogens is 397 g/mol. The lowest BCUT2D eigenvalue weighted by atomic mass is 10.2. The minimum Gasteiger partial charge on any atom is -0.449 e. The standard InChI is InChI=1S/C19H16Cl3NO3/c1-11-15(21)4-3-5-17(11)23-19(25)12(2)26-18(24)9-7-13-6-8-14(20)10-16(13)22/h3-10,12H,1-2H3,(H,23,25)/b9-7+. The van der Waals surface area contributed by atoms with Crippen molar-refractivity contribution in [2.45, 2.75) is 20.0 Å². The van der Waals surface area contributed by atoms with Gasteiger partial charge in [0, 0.05) is 26.8 Å². The zero-order valence-corrected chi connectivity index (χ0v) is 16.3. The normalized spacial score (nSPS) is 12.0. The first kappa shape index (κ1) is 20.3. The Kier molecular flexibility index (Phi) is 7.09. The van der Waals surface area contributed by atoms with Gasteiger partial charge < -0.3 is 10.1 Å². The van der Waals surface area contributed by atoms with Crippen LogP contribution >= 0.6 is 34.8 Å². The molecule has 0 heterocycles. The van der Waals surface area contributed by atoms with Gasteiger partial charge in [-0.2, -0.15) is 0 Å². The summed E-state index contributed by atoms with van der Waals surface area (Å²) in [6.07, 6.45) is 1.71. The fraction of sp³-hybridized carbons (Fsp3) is 0.158. The second-order valence-electron chi connectivity index (χ2n) is 5.48. The highest BCUT2D eigenvalue weighted by Gasteiger charge is 2.17. The number of carbonyl (C=O) groups is 2. The third-order valence-corrected chi connectivity index (χ3v) is 4.52. The van der Waals surface area contributed by atoms with Crippen molar-refractivity contribution < 1.29 is 14.3 Å². The first-order chi connectivity index (χ1) is 12.3. The van der Waals surface area contributed by atoms with Crippen LogP contribution in [0.3, 0.4) is 0 Å². The highest BCUT2D eigenvalue weighted by atomic mass is 35.5. The minimum absolute atomic E-state index is 0.406. The number of anilines is 1. The molecule has 0 fully saturated rings. The van der Waals surface area contributed by atoms with Crippen molar-refractivity contribution in [1.29, 1.82) is 0 Å². The first-order valence-electron chi connectivity index (χ1n) is 7.67. The minimum atomic E-state index is -0.980. The molecule has 0 radical (unpaired) electrons. The van der Waals surface area contributed by atoms with Gasteiger partial charge in [0.05, 0.1) is 0 Å². The summed E-state index contributed by atoms with van der Waals surface area (Å²) >= 11 is 17.9. The number of nitrogens with one attached hydrogen (secondary N) is 1. The van der Waals surface area contributed by atoms with E-state index in [4.69, 9.17) is 39.5 Å². The lowest BCUT2D eigenvalue weighted by Crippen LogP contribution is -2.29. The Hall–Kier alpha value is -2.01. The summed E-state index contributed by atoms with van der Waals surface area (Å²) in [5, 5.41) is 4.12. The third-order valence-electron chi connectivity index (χ3n) is 3.55. The molecule has 0 saturated carbocycles. The van der Waals surface area contributed by atoms with E-state index in [2.05, 4.69) is 5.32 Å². The van der Waals surface area contributed by atoms with Crippen molar-refractivity contribution in [3.05, 3.63) is 68.7 Å². The zero-order valence-electron chi connectivity index (χ0n) is 14.1. The van der Waals surface area contributed by atoms with Crippen LogP contribution < -0.4 is 5.32 Å². The van der Waals surface area contributed by atoms with Gasteiger partial charge in [0.25, 0.3) is 5.91 Å². The van der Waals surface area contributed by atoms with E-state index in [9.17, 15) is 9.59 Å². The molecule has 0 saturated heterocycles.